The maximum absolute atomic E-state index is 13.9. The molecule has 0 aliphatic carbocycles. The van der Waals surface area contributed by atoms with Gasteiger partial charge in [0.25, 0.3) is 0 Å². The fourth-order valence-electron chi connectivity index (χ4n) is 4.94. The Morgan fingerprint density at radius 3 is 2.37 bits per heavy atom. The molecule has 2 aliphatic heterocycles. The van der Waals surface area contributed by atoms with E-state index >= 15 is 0 Å². The van der Waals surface area contributed by atoms with Crippen molar-refractivity contribution in [2.45, 2.75) is 29.7 Å². The molecule has 6 nitrogen and oxygen atoms in total. The molecule has 10 heteroatoms. The molecule has 0 saturated carbocycles. The third-order valence-electron chi connectivity index (χ3n) is 6.73. The Bertz CT molecular complexity index is 1620. The number of fused-ring (bicyclic) bond motifs is 2. The first-order chi connectivity index (χ1) is 18.3. The number of thiazole rings is 1. The first-order valence-electron chi connectivity index (χ1n) is 11.8. The highest BCUT2D eigenvalue weighted by Gasteiger charge is 2.56. The quantitative estimate of drug-likeness (QED) is 0.274. The normalized spacial score (nSPS) is 20.4. The highest BCUT2D eigenvalue weighted by Crippen LogP contribution is 2.54. The van der Waals surface area contributed by atoms with Crippen LogP contribution in [-0.4, -0.2) is 22.0 Å². The Labute approximate surface area is 236 Å². The monoisotopic (exact) mass is 582 g/mol. The summed E-state index contributed by atoms with van der Waals surface area (Å²) >= 11 is 14.8. The number of aromatic nitrogens is 1. The zero-order valence-corrected chi connectivity index (χ0v) is 23.1. The van der Waals surface area contributed by atoms with Crippen LogP contribution in [0, 0.1) is 12.8 Å². The topological polar surface area (TPSA) is 79.5 Å². The number of carbonyl (C=O) groups excluding carboxylic acids is 2. The molecule has 3 heterocycles. The van der Waals surface area contributed by atoms with E-state index in [-0.39, 0.29) is 16.7 Å². The van der Waals surface area contributed by atoms with Crippen molar-refractivity contribution < 1.29 is 14.3 Å². The van der Waals surface area contributed by atoms with Gasteiger partial charge in [0.1, 0.15) is 17.6 Å². The number of amides is 2. The van der Waals surface area contributed by atoms with Crippen molar-refractivity contribution in [3.05, 3.63) is 108 Å². The first-order valence-corrected chi connectivity index (χ1v) is 14.3. The van der Waals surface area contributed by atoms with Gasteiger partial charge in [-0.25, -0.2) is 4.90 Å². The number of anilines is 1. The molecular weight excluding hydrogens is 563 g/mol. The van der Waals surface area contributed by atoms with Crippen LogP contribution in [-0.2, 0) is 16.2 Å². The van der Waals surface area contributed by atoms with Crippen LogP contribution < -0.4 is 14.5 Å². The number of H-pyrrole nitrogens is 1. The molecule has 3 aromatic carbocycles. The fourth-order valence-corrected chi connectivity index (χ4v) is 7.75. The molecular formula is C28H20Cl2N2O4S2. The summed E-state index contributed by atoms with van der Waals surface area (Å²) in [4.78, 5) is 44.5. The van der Waals surface area contributed by atoms with E-state index in [1.54, 1.807) is 42.5 Å². The number of aryl methyl sites for hydroxylation is 1. The number of hydrogen-bond donors (Lipinski definition) is 1. The van der Waals surface area contributed by atoms with Gasteiger partial charge in [-0.2, -0.15) is 0 Å². The Kier molecular flexibility index (Phi) is 6.60. The molecule has 192 valence electrons. The number of carbonyl (C=O) groups is 2. The Morgan fingerprint density at radius 2 is 1.63 bits per heavy atom. The molecule has 2 aliphatic rings. The zero-order chi connectivity index (χ0) is 26.6. The van der Waals surface area contributed by atoms with Gasteiger partial charge in [-0.15, -0.1) is 0 Å². The summed E-state index contributed by atoms with van der Waals surface area (Å²) in [5.74, 6) is -1.47. The number of imide groups is 1. The Morgan fingerprint density at radius 1 is 0.921 bits per heavy atom. The molecule has 38 heavy (non-hydrogen) atoms. The van der Waals surface area contributed by atoms with Crippen LogP contribution in [0.3, 0.4) is 0 Å². The summed E-state index contributed by atoms with van der Waals surface area (Å²) in [5.41, 5.74) is 3.25. The third-order valence-corrected chi connectivity index (χ3v) is 9.62. The summed E-state index contributed by atoms with van der Waals surface area (Å²) in [5, 5.41) is 0.847. The van der Waals surface area contributed by atoms with Gasteiger partial charge in [0.05, 0.1) is 16.6 Å². The smallest absolute Gasteiger partial charge is 0.305 e. The van der Waals surface area contributed by atoms with Crippen LogP contribution in [0.15, 0.2) is 76.6 Å². The van der Waals surface area contributed by atoms with Gasteiger partial charge < -0.3 is 9.72 Å². The lowest BCUT2D eigenvalue weighted by Gasteiger charge is -2.31. The van der Waals surface area contributed by atoms with Crippen LogP contribution >= 0.6 is 46.3 Å². The van der Waals surface area contributed by atoms with Crippen molar-refractivity contribution in [3.8, 4) is 5.75 Å². The minimum atomic E-state index is -0.748. The minimum absolute atomic E-state index is 0.244. The summed E-state index contributed by atoms with van der Waals surface area (Å²) < 4.78 is 6.25. The maximum Gasteiger partial charge on any atom is 0.305 e. The molecule has 0 bridgehead atoms. The number of rotatable bonds is 5. The summed E-state index contributed by atoms with van der Waals surface area (Å²) in [7, 11) is 0. The van der Waals surface area contributed by atoms with Crippen LogP contribution in [0.2, 0.25) is 10.0 Å². The Balaban J connectivity index is 1.44. The van der Waals surface area contributed by atoms with Gasteiger partial charge in [-0.1, -0.05) is 76.1 Å². The van der Waals surface area contributed by atoms with Gasteiger partial charge in [-0.05, 0) is 55.0 Å². The highest BCUT2D eigenvalue weighted by molar-refractivity contribution is 8.00. The van der Waals surface area contributed by atoms with Crippen molar-refractivity contribution in [2.24, 2.45) is 5.92 Å². The summed E-state index contributed by atoms with van der Waals surface area (Å²) in [6, 6.07) is 19.9. The molecule has 0 unspecified atom stereocenters. The molecule has 6 rings (SSSR count). The number of ether oxygens (including phenoxy) is 1. The zero-order valence-electron chi connectivity index (χ0n) is 19.9. The van der Waals surface area contributed by atoms with E-state index < -0.39 is 17.1 Å². The largest absolute Gasteiger partial charge is 0.489 e. The second kappa shape index (κ2) is 9.93. The number of hydrogen-bond acceptors (Lipinski definition) is 6. The molecule has 1 saturated heterocycles. The lowest BCUT2D eigenvalue weighted by molar-refractivity contribution is -0.122. The van der Waals surface area contributed by atoms with Gasteiger partial charge in [-0.3, -0.25) is 14.4 Å². The van der Waals surface area contributed by atoms with E-state index in [1.165, 1.54) is 16.7 Å². The SMILES string of the molecule is Cc1ccc(COc2ccc(Cl)cc2[C@@H]2c3sc(=O)[nH]c3S[C@H]3C(=O)N(c4ccc(Cl)cc4)C(=O)[C@@H]23)cc1. The van der Waals surface area contributed by atoms with Crippen molar-refractivity contribution in [2.75, 3.05) is 4.90 Å². The number of benzene rings is 3. The molecule has 0 spiro atoms. The van der Waals surface area contributed by atoms with E-state index in [0.717, 1.165) is 22.5 Å². The van der Waals surface area contributed by atoms with E-state index in [1.807, 2.05) is 31.2 Å². The number of halogens is 2. The standard InChI is InChI=1S/C28H20Cl2N2O4S2/c1-14-2-4-15(5-3-14)13-36-20-11-8-17(30)12-19(20)21-22-24(37-25-23(21)38-28(35)31-25)27(34)32(26(22)33)18-9-6-16(29)7-10-18/h2-12,21-22,24H,13H2,1H3,(H,31,35)/t21-,22-,24+/m0/s1. The van der Waals surface area contributed by atoms with Crippen LogP contribution in [0.25, 0.3) is 0 Å². The number of nitrogens with one attached hydrogen (secondary N) is 1. The lowest BCUT2D eigenvalue weighted by Crippen LogP contribution is -2.32. The average molecular weight is 584 g/mol. The van der Waals surface area contributed by atoms with Crippen molar-refractivity contribution in [1.29, 1.82) is 0 Å². The predicted molar refractivity (Wildman–Crippen MR) is 151 cm³/mol. The second-order valence-electron chi connectivity index (χ2n) is 9.19. The lowest BCUT2D eigenvalue weighted by atomic mass is 9.82. The predicted octanol–water partition coefficient (Wildman–Crippen LogP) is 6.43. The highest BCUT2D eigenvalue weighted by atomic mass is 35.5. The summed E-state index contributed by atoms with van der Waals surface area (Å²) in [6.45, 7) is 2.33. The number of thioether (sulfide) groups is 1. The van der Waals surface area contributed by atoms with E-state index in [4.69, 9.17) is 27.9 Å². The van der Waals surface area contributed by atoms with Crippen LogP contribution in [0.1, 0.15) is 27.5 Å². The minimum Gasteiger partial charge on any atom is -0.489 e. The molecule has 4 aromatic rings. The van der Waals surface area contributed by atoms with E-state index in [9.17, 15) is 14.4 Å². The third kappa shape index (κ3) is 4.45. The number of aromatic amines is 1. The summed E-state index contributed by atoms with van der Waals surface area (Å²) in [6.07, 6.45) is 0. The molecule has 2 amide bonds. The number of nitrogens with zero attached hydrogens (tertiary/aromatic N) is 1. The van der Waals surface area contributed by atoms with Crippen LogP contribution in [0.4, 0.5) is 5.69 Å². The van der Waals surface area contributed by atoms with Gasteiger partial charge in [0.2, 0.25) is 11.8 Å². The fraction of sp³-hybridized carbons (Fsp3) is 0.179. The molecule has 1 N–H and O–H groups in total. The van der Waals surface area contributed by atoms with Crippen molar-refractivity contribution in [3.63, 3.8) is 0 Å². The molecule has 1 aromatic heterocycles. The second-order valence-corrected chi connectivity index (χ2v) is 12.2. The molecule has 0 radical (unpaired) electrons. The van der Waals surface area contributed by atoms with Crippen molar-refractivity contribution >= 4 is 63.8 Å². The van der Waals surface area contributed by atoms with Gasteiger partial charge in [0, 0.05) is 26.4 Å². The van der Waals surface area contributed by atoms with Gasteiger partial charge in [0.15, 0.2) is 0 Å². The van der Waals surface area contributed by atoms with Gasteiger partial charge >= 0.3 is 4.87 Å². The van der Waals surface area contributed by atoms with Crippen molar-refractivity contribution in [1.82, 2.24) is 4.98 Å². The maximum atomic E-state index is 13.9. The first kappa shape index (κ1) is 25.2. The average Bonchev–Trinajstić information content (AvgIpc) is 3.39. The molecule has 1 fully saturated rings. The Hall–Kier alpha value is -3.04. The molecule has 3 atom stereocenters. The van der Waals surface area contributed by atoms with E-state index in [2.05, 4.69) is 4.98 Å². The van der Waals surface area contributed by atoms with E-state index in [0.29, 0.717) is 43.6 Å². The van der Waals surface area contributed by atoms with Crippen LogP contribution in [0.5, 0.6) is 5.75 Å².